The van der Waals surface area contributed by atoms with E-state index in [0.717, 1.165) is 42.2 Å². The van der Waals surface area contributed by atoms with Crippen LogP contribution in [0.2, 0.25) is 0 Å². The summed E-state index contributed by atoms with van der Waals surface area (Å²) in [5.74, 6) is 0.861. The van der Waals surface area contributed by atoms with Crippen molar-refractivity contribution in [1.29, 1.82) is 0 Å². The van der Waals surface area contributed by atoms with Crippen LogP contribution in [0.5, 0.6) is 5.75 Å². The van der Waals surface area contributed by atoms with Gasteiger partial charge in [0.2, 0.25) is 0 Å². The van der Waals surface area contributed by atoms with Gasteiger partial charge in [0, 0.05) is 24.3 Å². The highest BCUT2D eigenvalue weighted by atomic mass is 16.5. The Labute approximate surface area is 170 Å². The Morgan fingerprint density at radius 3 is 2.48 bits per heavy atom. The van der Waals surface area contributed by atoms with Gasteiger partial charge in [0.1, 0.15) is 11.3 Å². The summed E-state index contributed by atoms with van der Waals surface area (Å²) in [4.78, 5) is 27.3. The fourth-order valence-corrected chi connectivity index (χ4v) is 5.03. The lowest BCUT2D eigenvalue weighted by Gasteiger charge is -2.39. The van der Waals surface area contributed by atoms with Crippen LogP contribution in [0.4, 0.5) is 0 Å². The van der Waals surface area contributed by atoms with Gasteiger partial charge in [-0.3, -0.25) is 4.79 Å². The molecule has 0 radical (unpaired) electrons. The van der Waals surface area contributed by atoms with Gasteiger partial charge in [-0.05, 0) is 82.6 Å². The molecule has 0 spiro atoms. The first-order chi connectivity index (χ1) is 13.8. The van der Waals surface area contributed by atoms with Crippen molar-refractivity contribution in [3.05, 3.63) is 39.2 Å². The van der Waals surface area contributed by atoms with Gasteiger partial charge in [0.15, 0.2) is 6.10 Å². The maximum absolute atomic E-state index is 13.3. The quantitative estimate of drug-likeness (QED) is 0.799. The van der Waals surface area contributed by atoms with Gasteiger partial charge in [-0.25, -0.2) is 4.79 Å². The molecule has 1 amide bonds. The second-order valence-corrected chi connectivity index (χ2v) is 8.69. The van der Waals surface area contributed by atoms with E-state index in [-0.39, 0.29) is 30.2 Å². The zero-order valence-electron chi connectivity index (χ0n) is 17.5. The molecule has 3 heterocycles. The lowest BCUT2D eigenvalue weighted by Crippen LogP contribution is -2.51. The average Bonchev–Trinajstić information content (AvgIpc) is 2.94. The van der Waals surface area contributed by atoms with E-state index < -0.39 is 6.10 Å². The van der Waals surface area contributed by atoms with Crippen LogP contribution in [0.15, 0.2) is 21.3 Å². The molecule has 2 aromatic rings. The number of aliphatic hydroxyl groups excluding tert-OH is 1. The number of benzene rings is 1. The molecule has 1 aromatic carbocycles. The number of aliphatic hydroxyl groups is 1. The van der Waals surface area contributed by atoms with Gasteiger partial charge in [0.05, 0.1) is 5.39 Å². The van der Waals surface area contributed by atoms with Crippen LogP contribution in [0.3, 0.4) is 0 Å². The lowest BCUT2D eigenvalue weighted by atomic mass is 9.91. The molecule has 6 nitrogen and oxygen atoms in total. The van der Waals surface area contributed by atoms with Crippen LogP contribution in [0.25, 0.3) is 11.0 Å². The van der Waals surface area contributed by atoms with Crippen molar-refractivity contribution in [2.45, 2.75) is 71.6 Å². The number of nitrogens with zero attached hydrogens (tertiary/aromatic N) is 1. The molecule has 2 saturated heterocycles. The SMILES string of the molecule is Cc1cc(OC(C)C(=O)N2[C@@H]3CC[C@H]2CC(CO)C3)c2c(C)c(C)c(=O)oc2c1. The van der Waals surface area contributed by atoms with Gasteiger partial charge >= 0.3 is 5.63 Å². The number of hydrogen-bond donors (Lipinski definition) is 1. The first-order valence-electron chi connectivity index (χ1n) is 10.4. The molecular weight excluding hydrogens is 370 g/mol. The number of piperidine rings is 1. The molecule has 4 rings (SSSR count). The predicted molar refractivity (Wildman–Crippen MR) is 110 cm³/mol. The van der Waals surface area contributed by atoms with Gasteiger partial charge in [-0.2, -0.15) is 0 Å². The molecule has 29 heavy (non-hydrogen) atoms. The Balaban J connectivity index is 1.63. The summed E-state index contributed by atoms with van der Waals surface area (Å²) < 4.78 is 11.6. The highest BCUT2D eigenvalue weighted by Gasteiger charge is 2.44. The number of fused-ring (bicyclic) bond motifs is 3. The van der Waals surface area contributed by atoms with E-state index in [1.54, 1.807) is 13.8 Å². The van der Waals surface area contributed by atoms with Crippen LogP contribution in [-0.4, -0.2) is 40.7 Å². The number of carbonyl (C=O) groups is 1. The number of ether oxygens (including phenoxy) is 1. The Morgan fingerprint density at radius 1 is 1.21 bits per heavy atom. The first kappa shape index (κ1) is 20.0. The van der Waals surface area contributed by atoms with E-state index in [1.165, 1.54) is 0 Å². The summed E-state index contributed by atoms with van der Waals surface area (Å²) in [5, 5.41) is 10.3. The summed E-state index contributed by atoms with van der Waals surface area (Å²) >= 11 is 0. The predicted octanol–water partition coefficient (Wildman–Crippen LogP) is 3.25. The summed E-state index contributed by atoms with van der Waals surface area (Å²) in [6, 6.07) is 4.11. The van der Waals surface area contributed by atoms with Gasteiger partial charge in [-0.1, -0.05) is 0 Å². The fraction of sp³-hybridized carbons (Fsp3) is 0.565. The molecule has 6 heteroatoms. The first-order valence-corrected chi connectivity index (χ1v) is 10.4. The fourth-order valence-electron chi connectivity index (χ4n) is 5.03. The van der Waals surface area contributed by atoms with E-state index in [4.69, 9.17) is 9.15 Å². The second kappa shape index (κ2) is 7.48. The maximum Gasteiger partial charge on any atom is 0.339 e. The van der Waals surface area contributed by atoms with Crippen molar-refractivity contribution in [2.24, 2.45) is 5.92 Å². The average molecular weight is 399 g/mol. The Bertz CT molecular complexity index is 996. The summed E-state index contributed by atoms with van der Waals surface area (Å²) in [6.45, 7) is 7.51. The number of carbonyl (C=O) groups excluding carboxylic acids is 1. The molecule has 1 aromatic heterocycles. The number of aryl methyl sites for hydroxylation is 2. The van der Waals surface area contributed by atoms with E-state index >= 15 is 0 Å². The van der Waals surface area contributed by atoms with Gasteiger partial charge < -0.3 is 19.2 Å². The van der Waals surface area contributed by atoms with Crippen LogP contribution in [0.1, 0.15) is 49.3 Å². The summed E-state index contributed by atoms with van der Waals surface area (Å²) in [5.41, 5.74) is 2.40. The molecular formula is C23H29NO5. The van der Waals surface area contributed by atoms with Gasteiger partial charge in [-0.15, -0.1) is 0 Å². The van der Waals surface area contributed by atoms with Crippen molar-refractivity contribution >= 4 is 16.9 Å². The Morgan fingerprint density at radius 2 is 1.86 bits per heavy atom. The minimum absolute atomic E-state index is 0.00435. The monoisotopic (exact) mass is 399 g/mol. The maximum atomic E-state index is 13.3. The van der Waals surface area contributed by atoms with E-state index in [1.807, 2.05) is 30.9 Å². The lowest BCUT2D eigenvalue weighted by molar-refractivity contribution is -0.143. The Hall–Kier alpha value is -2.34. The van der Waals surface area contributed by atoms with E-state index in [9.17, 15) is 14.7 Å². The molecule has 156 valence electrons. The number of rotatable bonds is 4. The van der Waals surface area contributed by atoms with Crippen LogP contribution < -0.4 is 10.4 Å². The van der Waals surface area contributed by atoms with Crippen LogP contribution in [-0.2, 0) is 4.79 Å². The molecule has 2 bridgehead atoms. The highest BCUT2D eigenvalue weighted by molar-refractivity contribution is 5.89. The molecule has 0 saturated carbocycles. The van der Waals surface area contributed by atoms with E-state index in [0.29, 0.717) is 22.8 Å². The third-order valence-corrected chi connectivity index (χ3v) is 6.65. The topological polar surface area (TPSA) is 80.0 Å². The molecule has 1 N–H and O–H groups in total. The molecule has 4 atom stereocenters. The van der Waals surface area contributed by atoms with Gasteiger partial charge in [0.25, 0.3) is 5.91 Å². The third kappa shape index (κ3) is 3.44. The molecule has 0 aliphatic carbocycles. The molecule has 2 aliphatic heterocycles. The molecule has 2 fully saturated rings. The third-order valence-electron chi connectivity index (χ3n) is 6.65. The minimum Gasteiger partial charge on any atom is -0.480 e. The minimum atomic E-state index is -0.639. The number of hydrogen-bond acceptors (Lipinski definition) is 5. The Kier molecular flexibility index (Phi) is 5.15. The second-order valence-electron chi connectivity index (χ2n) is 8.69. The number of amides is 1. The molecule has 2 unspecified atom stereocenters. The van der Waals surface area contributed by atoms with E-state index in [2.05, 4.69) is 0 Å². The zero-order valence-corrected chi connectivity index (χ0v) is 17.5. The molecule has 2 aliphatic rings. The van der Waals surface area contributed by atoms with Crippen molar-refractivity contribution in [3.8, 4) is 5.75 Å². The summed E-state index contributed by atoms with van der Waals surface area (Å²) in [7, 11) is 0. The van der Waals surface area contributed by atoms with Crippen molar-refractivity contribution in [1.82, 2.24) is 4.90 Å². The van der Waals surface area contributed by atoms with Crippen LogP contribution >= 0.6 is 0 Å². The van der Waals surface area contributed by atoms with Crippen LogP contribution in [0, 0.1) is 26.7 Å². The normalized spacial score (nSPS) is 24.7. The standard InChI is InChI=1S/C23H29NO5/c1-12-7-19(21-13(2)14(3)23(27)29-20(21)8-12)28-15(4)22(26)24-17-5-6-18(24)10-16(9-17)11-25/h7-8,15-18,25H,5-6,9-11H2,1-4H3/t15?,16?,17-,18+. The van der Waals surface area contributed by atoms with Crippen molar-refractivity contribution in [2.75, 3.05) is 6.61 Å². The summed E-state index contributed by atoms with van der Waals surface area (Å²) in [6.07, 6.45) is 3.08. The highest BCUT2D eigenvalue weighted by Crippen LogP contribution is 2.39. The van der Waals surface area contributed by atoms with Crippen molar-refractivity contribution < 1.29 is 19.1 Å². The smallest absolute Gasteiger partial charge is 0.339 e. The van der Waals surface area contributed by atoms with Crippen molar-refractivity contribution in [3.63, 3.8) is 0 Å². The largest absolute Gasteiger partial charge is 0.480 e. The zero-order chi connectivity index (χ0) is 20.9.